The van der Waals surface area contributed by atoms with E-state index < -0.39 is 5.54 Å². The minimum absolute atomic E-state index is 0.0208. The zero-order chi connectivity index (χ0) is 17.0. The van der Waals surface area contributed by atoms with Crippen molar-refractivity contribution in [2.45, 2.75) is 31.8 Å². The third-order valence-corrected chi connectivity index (χ3v) is 5.40. The molecule has 1 saturated carbocycles. The minimum atomic E-state index is -0.670. The molecule has 2 aliphatic rings. The van der Waals surface area contributed by atoms with Gasteiger partial charge >= 0.3 is 0 Å². The summed E-state index contributed by atoms with van der Waals surface area (Å²) in [5, 5.41) is 12.3. The molecule has 3 rings (SSSR count). The second kappa shape index (κ2) is 7.33. The van der Waals surface area contributed by atoms with Crippen LogP contribution in [-0.4, -0.2) is 44.2 Å². The van der Waals surface area contributed by atoms with E-state index in [0.29, 0.717) is 12.5 Å². The van der Waals surface area contributed by atoms with Crippen LogP contribution in [-0.2, 0) is 11.3 Å². The number of quaternary nitrogens is 2. The molecule has 1 amide bonds. The summed E-state index contributed by atoms with van der Waals surface area (Å²) < 4.78 is 0. The van der Waals surface area contributed by atoms with E-state index >= 15 is 0 Å². The Bertz CT molecular complexity index is 600. The summed E-state index contributed by atoms with van der Waals surface area (Å²) in [6.07, 6.45) is 2.11. The van der Waals surface area contributed by atoms with Gasteiger partial charge in [0.2, 0.25) is 0 Å². The Hall–Kier alpha value is -1.90. The molecule has 0 unspecified atom stereocenters. The number of amides is 1. The van der Waals surface area contributed by atoms with Gasteiger partial charge in [-0.05, 0) is 25.7 Å². The molecule has 2 fully saturated rings. The summed E-state index contributed by atoms with van der Waals surface area (Å²) in [5.74, 6) is 0.362. The van der Waals surface area contributed by atoms with E-state index in [1.807, 2.05) is 6.92 Å². The second-order valence-electron chi connectivity index (χ2n) is 7.48. The number of hydrogen-bond acceptors (Lipinski definition) is 2. The van der Waals surface area contributed by atoms with Crippen molar-refractivity contribution in [3.05, 3.63) is 35.9 Å². The summed E-state index contributed by atoms with van der Waals surface area (Å²) in [6, 6.07) is 12.9. The van der Waals surface area contributed by atoms with Crippen LogP contribution in [0.2, 0.25) is 0 Å². The second-order valence-corrected chi connectivity index (χ2v) is 7.48. The first-order chi connectivity index (χ1) is 11.6. The summed E-state index contributed by atoms with van der Waals surface area (Å²) in [7, 11) is 0. The highest BCUT2D eigenvalue weighted by Crippen LogP contribution is 2.39. The highest BCUT2D eigenvalue weighted by atomic mass is 16.2. The first-order valence-electron chi connectivity index (χ1n) is 9.02. The lowest BCUT2D eigenvalue weighted by atomic mass is 9.98. The molecular weight excluding hydrogens is 300 g/mol. The molecular formula is C19H28N4O+2. The lowest BCUT2D eigenvalue weighted by molar-refractivity contribution is -1.02. The van der Waals surface area contributed by atoms with Crippen LogP contribution in [0, 0.1) is 17.2 Å². The molecule has 1 aromatic rings. The van der Waals surface area contributed by atoms with Crippen LogP contribution in [0.25, 0.3) is 0 Å². The zero-order valence-corrected chi connectivity index (χ0v) is 14.5. The molecule has 3 N–H and O–H groups in total. The number of nitrogens with zero attached hydrogens (tertiary/aromatic N) is 1. The van der Waals surface area contributed by atoms with Crippen molar-refractivity contribution in [2.75, 3.05) is 32.7 Å². The Morgan fingerprint density at radius 1 is 1.21 bits per heavy atom. The van der Waals surface area contributed by atoms with Crippen LogP contribution in [0.3, 0.4) is 0 Å². The molecule has 1 aliphatic heterocycles. The van der Waals surface area contributed by atoms with Crippen molar-refractivity contribution in [3.63, 3.8) is 0 Å². The third kappa shape index (κ3) is 4.34. The molecule has 128 valence electrons. The van der Waals surface area contributed by atoms with Crippen molar-refractivity contribution in [3.8, 4) is 6.07 Å². The number of piperazine rings is 1. The molecule has 0 aromatic heterocycles. The van der Waals surface area contributed by atoms with Gasteiger partial charge < -0.3 is 15.1 Å². The minimum Gasteiger partial charge on any atom is -0.333 e. The normalized spacial score (nSPS) is 26.2. The fourth-order valence-electron chi connectivity index (χ4n) is 3.64. The van der Waals surface area contributed by atoms with Gasteiger partial charge in [0.15, 0.2) is 6.54 Å². The number of nitrogens with one attached hydrogen (secondary N) is 3. The highest BCUT2D eigenvalue weighted by Gasteiger charge is 2.43. The molecule has 1 heterocycles. The Balaban J connectivity index is 1.42. The fraction of sp³-hybridized carbons (Fsp3) is 0.579. The lowest BCUT2D eigenvalue weighted by Gasteiger charge is -2.30. The number of rotatable bonds is 6. The Kier molecular flexibility index (Phi) is 5.17. The molecule has 24 heavy (non-hydrogen) atoms. The summed E-state index contributed by atoms with van der Waals surface area (Å²) in [6.45, 7) is 7.63. The maximum atomic E-state index is 12.3. The van der Waals surface area contributed by atoms with E-state index in [4.69, 9.17) is 0 Å². The van der Waals surface area contributed by atoms with E-state index in [9.17, 15) is 10.1 Å². The zero-order valence-electron chi connectivity index (χ0n) is 14.5. The monoisotopic (exact) mass is 328 g/mol. The molecule has 5 nitrogen and oxygen atoms in total. The van der Waals surface area contributed by atoms with Gasteiger partial charge in [0.1, 0.15) is 38.3 Å². The van der Waals surface area contributed by atoms with Crippen LogP contribution in [0.1, 0.15) is 25.3 Å². The fourth-order valence-corrected chi connectivity index (χ4v) is 3.64. The standard InChI is InChI=1S/C19H26N4O/c1-19(15-20,17-7-8-17)21-18(24)14-23-11-9-22(10-12-23)13-16-5-3-2-4-6-16/h2-6,17H,7-14H2,1H3,(H,21,24)/p+2/t19-/m0/s1. The summed E-state index contributed by atoms with van der Waals surface area (Å²) in [4.78, 5) is 15.2. The van der Waals surface area contributed by atoms with Gasteiger partial charge in [0.25, 0.3) is 5.91 Å². The molecule has 1 atom stereocenters. The van der Waals surface area contributed by atoms with Crippen molar-refractivity contribution in [2.24, 2.45) is 5.92 Å². The van der Waals surface area contributed by atoms with E-state index in [1.165, 1.54) is 10.5 Å². The topological polar surface area (TPSA) is 61.8 Å². The van der Waals surface area contributed by atoms with E-state index in [2.05, 4.69) is 41.7 Å². The third-order valence-electron chi connectivity index (χ3n) is 5.40. The Labute approximate surface area is 144 Å². The van der Waals surface area contributed by atoms with Gasteiger partial charge in [-0.1, -0.05) is 30.3 Å². The Morgan fingerprint density at radius 3 is 2.42 bits per heavy atom. The van der Waals surface area contributed by atoms with Gasteiger partial charge in [-0.25, -0.2) is 0 Å². The van der Waals surface area contributed by atoms with Crippen molar-refractivity contribution >= 4 is 5.91 Å². The summed E-state index contributed by atoms with van der Waals surface area (Å²) >= 11 is 0. The van der Waals surface area contributed by atoms with Crippen molar-refractivity contribution in [1.82, 2.24) is 5.32 Å². The highest BCUT2D eigenvalue weighted by molar-refractivity contribution is 5.78. The average Bonchev–Trinajstić information content (AvgIpc) is 3.43. The largest absolute Gasteiger partial charge is 0.333 e. The Morgan fingerprint density at radius 2 is 1.83 bits per heavy atom. The molecule has 1 aromatic carbocycles. The maximum absolute atomic E-state index is 12.3. The van der Waals surface area contributed by atoms with E-state index in [1.54, 1.807) is 4.90 Å². The van der Waals surface area contributed by atoms with Crippen LogP contribution < -0.4 is 15.1 Å². The maximum Gasteiger partial charge on any atom is 0.276 e. The quantitative estimate of drug-likeness (QED) is 0.613. The number of hydrogen-bond donors (Lipinski definition) is 3. The predicted octanol–water partition coefficient (Wildman–Crippen LogP) is -1.22. The van der Waals surface area contributed by atoms with E-state index in [0.717, 1.165) is 45.6 Å². The number of carbonyl (C=O) groups excluding carboxylic acids is 1. The molecule has 0 spiro atoms. The molecule has 0 radical (unpaired) electrons. The lowest BCUT2D eigenvalue weighted by Crippen LogP contribution is -3.28. The van der Waals surface area contributed by atoms with Crippen LogP contribution in [0.5, 0.6) is 0 Å². The van der Waals surface area contributed by atoms with Crippen molar-refractivity contribution < 1.29 is 14.6 Å². The average molecular weight is 328 g/mol. The van der Waals surface area contributed by atoms with Crippen molar-refractivity contribution in [1.29, 1.82) is 5.26 Å². The van der Waals surface area contributed by atoms with Gasteiger partial charge in [-0.2, -0.15) is 5.26 Å². The van der Waals surface area contributed by atoms with E-state index in [-0.39, 0.29) is 5.91 Å². The summed E-state index contributed by atoms with van der Waals surface area (Å²) in [5.41, 5.74) is 0.708. The van der Waals surface area contributed by atoms with Crippen LogP contribution in [0.4, 0.5) is 0 Å². The van der Waals surface area contributed by atoms with Gasteiger partial charge in [0, 0.05) is 5.56 Å². The van der Waals surface area contributed by atoms with Gasteiger partial charge in [-0.15, -0.1) is 0 Å². The number of benzene rings is 1. The molecule has 1 saturated heterocycles. The molecule has 1 aliphatic carbocycles. The number of nitriles is 1. The molecule has 5 heteroatoms. The predicted molar refractivity (Wildman–Crippen MR) is 91.3 cm³/mol. The smallest absolute Gasteiger partial charge is 0.276 e. The van der Waals surface area contributed by atoms with Gasteiger partial charge in [-0.3, -0.25) is 4.79 Å². The van der Waals surface area contributed by atoms with Gasteiger partial charge in [0.05, 0.1) is 6.07 Å². The molecule has 0 bridgehead atoms. The first kappa shape index (κ1) is 16.9. The van der Waals surface area contributed by atoms with Crippen LogP contribution >= 0.6 is 0 Å². The SMILES string of the molecule is C[C@@](C#N)(NC(=O)C[NH+]1CC[NH+](Cc2ccccc2)CC1)C1CC1. The van der Waals surface area contributed by atoms with Crippen LogP contribution in [0.15, 0.2) is 30.3 Å². The number of carbonyl (C=O) groups is 1. The first-order valence-corrected chi connectivity index (χ1v) is 9.02.